The lowest BCUT2D eigenvalue weighted by molar-refractivity contribution is -0.231. The molecule has 8 heteroatoms. The van der Waals surface area contributed by atoms with Gasteiger partial charge >= 0.3 is 0 Å². The average Bonchev–Trinajstić information content (AvgIpc) is 3.07. The van der Waals surface area contributed by atoms with Crippen LogP contribution in [0.3, 0.4) is 0 Å². The summed E-state index contributed by atoms with van der Waals surface area (Å²) in [4.78, 5) is 0. The van der Waals surface area contributed by atoms with Gasteiger partial charge in [-0.2, -0.15) is 0 Å². The van der Waals surface area contributed by atoms with Gasteiger partial charge in [-0.1, -0.05) is 12.1 Å². The first kappa shape index (κ1) is 21.9. The van der Waals surface area contributed by atoms with E-state index in [-0.39, 0.29) is 12.1 Å². The molecule has 31 heavy (non-hydrogen) atoms. The third kappa shape index (κ3) is 3.86. The Morgan fingerprint density at radius 2 is 1.65 bits per heavy atom. The van der Waals surface area contributed by atoms with Crippen molar-refractivity contribution in [3.05, 3.63) is 70.4 Å². The second-order valence-electron chi connectivity index (χ2n) is 8.20. The summed E-state index contributed by atoms with van der Waals surface area (Å²) in [7, 11) is 0. The van der Waals surface area contributed by atoms with Crippen LogP contribution in [0, 0.1) is 25.5 Å². The fourth-order valence-corrected chi connectivity index (χ4v) is 4.22. The number of rotatable bonds is 4. The Morgan fingerprint density at radius 1 is 0.935 bits per heavy atom. The minimum Gasteiger partial charge on any atom is -0.394 e. The molecule has 1 fully saturated rings. The second kappa shape index (κ2) is 8.29. The number of ether oxygens (including phenoxy) is 1. The Balaban J connectivity index is 1.84. The van der Waals surface area contributed by atoms with Gasteiger partial charge in [0.2, 0.25) is 0 Å². The van der Waals surface area contributed by atoms with Crippen molar-refractivity contribution in [2.45, 2.75) is 50.9 Å². The lowest BCUT2D eigenvalue weighted by atomic mass is 9.91. The summed E-state index contributed by atoms with van der Waals surface area (Å²) in [6, 6.07) is 7.89. The average molecular weight is 433 g/mol. The Kier molecular flexibility index (Phi) is 5.85. The summed E-state index contributed by atoms with van der Waals surface area (Å²) in [5, 5.41) is 40.8. The van der Waals surface area contributed by atoms with Crippen LogP contribution in [0.15, 0.2) is 36.5 Å². The molecule has 0 radical (unpaired) electrons. The largest absolute Gasteiger partial charge is 0.394 e. The van der Waals surface area contributed by atoms with E-state index in [1.165, 1.54) is 16.7 Å². The highest BCUT2D eigenvalue weighted by Crippen LogP contribution is 2.38. The molecule has 5 atom stereocenters. The van der Waals surface area contributed by atoms with E-state index in [9.17, 15) is 29.2 Å². The Morgan fingerprint density at radius 3 is 2.32 bits per heavy atom. The summed E-state index contributed by atoms with van der Waals surface area (Å²) >= 11 is 0. The molecule has 4 N–H and O–H groups in total. The number of fused-ring (bicyclic) bond motifs is 1. The second-order valence-corrected chi connectivity index (χ2v) is 8.20. The molecule has 0 unspecified atom stereocenters. The molecule has 2 heterocycles. The van der Waals surface area contributed by atoms with Crippen molar-refractivity contribution in [2.24, 2.45) is 0 Å². The van der Waals surface area contributed by atoms with E-state index in [4.69, 9.17) is 4.74 Å². The zero-order chi connectivity index (χ0) is 22.4. The van der Waals surface area contributed by atoms with Gasteiger partial charge in [-0.15, -0.1) is 0 Å². The van der Waals surface area contributed by atoms with E-state index in [1.807, 2.05) is 0 Å². The van der Waals surface area contributed by atoms with Crippen LogP contribution in [0.25, 0.3) is 10.9 Å². The molecule has 3 aromatic rings. The third-order valence-corrected chi connectivity index (χ3v) is 5.85. The van der Waals surface area contributed by atoms with Gasteiger partial charge in [0.05, 0.1) is 18.7 Å². The molecular formula is C23H25F2NO5. The minimum absolute atomic E-state index is 0.0417. The number of aliphatic hydroxyl groups excluding tert-OH is 4. The molecule has 4 rings (SSSR count). The van der Waals surface area contributed by atoms with Gasteiger partial charge < -0.3 is 29.7 Å². The lowest BCUT2D eigenvalue weighted by Gasteiger charge is -2.40. The van der Waals surface area contributed by atoms with Gasteiger partial charge in [-0.3, -0.25) is 0 Å². The normalized spacial score (nSPS) is 26.5. The summed E-state index contributed by atoms with van der Waals surface area (Å²) < 4.78 is 36.7. The monoisotopic (exact) mass is 433 g/mol. The first-order valence-electron chi connectivity index (χ1n) is 10.1. The molecule has 6 nitrogen and oxygen atoms in total. The van der Waals surface area contributed by atoms with Crippen LogP contribution in [-0.4, -0.2) is 56.0 Å². The standard InChI is InChI=1S/C23H25F2NO5/c1-11-3-4-13(16(24)6-11)8-26-9-15(14-5-12(2)7-17(25)19(14)26)23-22(30)21(29)20(28)18(10-27)31-23/h3-7,9,18,20-23,27-30H,8,10H2,1-2H3/t18-,20-,21+,22-,23+/m1/s1. The van der Waals surface area contributed by atoms with Gasteiger partial charge in [0.15, 0.2) is 0 Å². The van der Waals surface area contributed by atoms with E-state index in [1.54, 1.807) is 38.2 Å². The van der Waals surface area contributed by atoms with E-state index >= 15 is 0 Å². The van der Waals surface area contributed by atoms with Crippen molar-refractivity contribution in [2.75, 3.05) is 6.61 Å². The zero-order valence-corrected chi connectivity index (χ0v) is 17.2. The highest BCUT2D eigenvalue weighted by atomic mass is 19.1. The maximum Gasteiger partial charge on any atom is 0.147 e. The number of aromatic nitrogens is 1. The maximum atomic E-state index is 15.0. The number of hydrogen-bond donors (Lipinski definition) is 4. The summed E-state index contributed by atoms with van der Waals surface area (Å²) in [5.41, 5.74) is 2.35. The molecular weight excluding hydrogens is 408 g/mol. The number of aryl methyl sites for hydroxylation is 2. The van der Waals surface area contributed by atoms with Gasteiger partial charge in [-0.25, -0.2) is 8.78 Å². The maximum absolute atomic E-state index is 15.0. The number of hydrogen-bond acceptors (Lipinski definition) is 5. The van der Waals surface area contributed by atoms with Crippen LogP contribution in [0.2, 0.25) is 0 Å². The van der Waals surface area contributed by atoms with E-state index < -0.39 is 48.8 Å². The zero-order valence-electron chi connectivity index (χ0n) is 17.2. The smallest absolute Gasteiger partial charge is 0.147 e. The molecule has 166 valence electrons. The summed E-state index contributed by atoms with van der Waals surface area (Å²) in [6.07, 6.45) is -5.21. The molecule has 2 aromatic carbocycles. The molecule has 0 spiro atoms. The number of aliphatic hydroxyl groups is 4. The van der Waals surface area contributed by atoms with Crippen molar-refractivity contribution in [1.82, 2.24) is 4.57 Å². The van der Waals surface area contributed by atoms with Crippen molar-refractivity contribution in [3.63, 3.8) is 0 Å². The first-order chi connectivity index (χ1) is 14.7. The van der Waals surface area contributed by atoms with Gasteiger partial charge in [-0.05, 0) is 43.2 Å². The van der Waals surface area contributed by atoms with Crippen molar-refractivity contribution in [1.29, 1.82) is 0 Å². The van der Waals surface area contributed by atoms with Crippen LogP contribution in [0.5, 0.6) is 0 Å². The number of halogens is 2. The van der Waals surface area contributed by atoms with E-state index in [0.717, 1.165) is 5.56 Å². The first-order valence-corrected chi connectivity index (χ1v) is 10.1. The number of benzene rings is 2. The third-order valence-electron chi connectivity index (χ3n) is 5.85. The predicted molar refractivity (Wildman–Crippen MR) is 110 cm³/mol. The molecule has 0 saturated carbocycles. The van der Waals surface area contributed by atoms with E-state index in [0.29, 0.717) is 22.1 Å². The van der Waals surface area contributed by atoms with Crippen molar-refractivity contribution < 1.29 is 33.9 Å². The molecule has 0 bridgehead atoms. The SMILES string of the molecule is Cc1ccc(Cn2cc([C@@H]3O[C@H](CO)[C@@H](O)[C@H](O)[C@H]3O)c3cc(C)cc(F)c32)c(F)c1. The highest BCUT2D eigenvalue weighted by Gasteiger charge is 2.45. The minimum atomic E-state index is -1.56. The van der Waals surface area contributed by atoms with Gasteiger partial charge in [0, 0.05) is 22.7 Å². The summed E-state index contributed by atoms with van der Waals surface area (Å²) in [6.45, 7) is 2.97. The van der Waals surface area contributed by atoms with Crippen molar-refractivity contribution >= 4 is 10.9 Å². The predicted octanol–water partition coefficient (Wildman–Crippen LogP) is 2.10. The van der Waals surface area contributed by atoms with Crippen molar-refractivity contribution in [3.8, 4) is 0 Å². The fourth-order valence-electron chi connectivity index (χ4n) is 4.22. The molecule has 0 aliphatic carbocycles. The Labute approximate surface area is 177 Å². The Hall–Kier alpha value is -2.36. The lowest BCUT2D eigenvalue weighted by Crippen LogP contribution is -2.55. The quantitative estimate of drug-likeness (QED) is 0.506. The van der Waals surface area contributed by atoms with Gasteiger partial charge in [0.1, 0.15) is 42.2 Å². The topological polar surface area (TPSA) is 95.1 Å². The highest BCUT2D eigenvalue weighted by molar-refractivity contribution is 5.86. The van der Waals surface area contributed by atoms with Crippen LogP contribution >= 0.6 is 0 Å². The van der Waals surface area contributed by atoms with Crippen LogP contribution in [0.4, 0.5) is 8.78 Å². The van der Waals surface area contributed by atoms with Crippen LogP contribution < -0.4 is 0 Å². The molecule has 0 amide bonds. The summed E-state index contributed by atoms with van der Waals surface area (Å²) in [5.74, 6) is -0.929. The molecule has 1 aliphatic rings. The van der Waals surface area contributed by atoms with Crippen LogP contribution in [-0.2, 0) is 11.3 Å². The fraction of sp³-hybridized carbons (Fsp3) is 0.391. The molecule has 1 aliphatic heterocycles. The van der Waals surface area contributed by atoms with Crippen LogP contribution in [0.1, 0.15) is 28.4 Å². The van der Waals surface area contributed by atoms with Gasteiger partial charge in [0.25, 0.3) is 0 Å². The van der Waals surface area contributed by atoms with E-state index in [2.05, 4.69) is 0 Å². The Bertz CT molecular complexity index is 1110. The molecule has 1 aromatic heterocycles. The molecule has 1 saturated heterocycles. The number of nitrogens with zero attached hydrogens (tertiary/aromatic N) is 1.